The number of carbonyl (C=O) groups excluding carboxylic acids is 1. The quantitative estimate of drug-likeness (QED) is 0.506. The number of hydrogen-bond acceptors (Lipinski definition) is 7. The second-order valence-electron chi connectivity index (χ2n) is 11.0. The molecule has 3 rings (SSSR count). The first-order valence-corrected chi connectivity index (χ1v) is 14.9. The number of ether oxygens (including phenoxy) is 2. The largest absolute Gasteiger partial charge is 0.485 e. The zero-order valence-electron chi connectivity index (χ0n) is 22.3. The second kappa shape index (κ2) is 10.2. The number of nitrogens with one attached hydrogen (secondary N) is 1. The van der Waals surface area contributed by atoms with Gasteiger partial charge in [-0.1, -0.05) is 6.07 Å². The summed E-state index contributed by atoms with van der Waals surface area (Å²) >= 11 is 0. The molecule has 1 aliphatic heterocycles. The number of carbonyl (C=O) groups is 1. The number of rotatable bonds is 5. The summed E-state index contributed by atoms with van der Waals surface area (Å²) in [7, 11) is -8.41. The molecule has 0 unspecified atom stereocenters. The van der Waals surface area contributed by atoms with Gasteiger partial charge in [-0.2, -0.15) is 13.2 Å². The summed E-state index contributed by atoms with van der Waals surface area (Å²) < 4.78 is 104. The molecule has 0 aromatic heterocycles. The van der Waals surface area contributed by atoms with E-state index in [4.69, 9.17) is 9.47 Å². The smallest absolute Gasteiger partial charge is 0.416 e. The molecule has 0 aliphatic carbocycles. The van der Waals surface area contributed by atoms with Crippen LogP contribution in [0, 0.1) is 0 Å². The van der Waals surface area contributed by atoms with Gasteiger partial charge in [-0.15, -0.1) is 0 Å². The normalized spacial score (nSPS) is 16.7. The van der Waals surface area contributed by atoms with Crippen LogP contribution in [0.5, 0.6) is 5.75 Å². The van der Waals surface area contributed by atoms with E-state index >= 15 is 0 Å². The van der Waals surface area contributed by atoms with E-state index in [0.717, 1.165) is 22.5 Å². The summed E-state index contributed by atoms with van der Waals surface area (Å²) in [6.07, 6.45) is -6.77. The zero-order valence-corrected chi connectivity index (χ0v) is 23.9. The van der Waals surface area contributed by atoms with Crippen molar-refractivity contribution in [1.29, 1.82) is 0 Å². The van der Waals surface area contributed by atoms with Crippen LogP contribution in [0.15, 0.2) is 47.4 Å². The fourth-order valence-electron chi connectivity index (χ4n) is 3.58. The van der Waals surface area contributed by atoms with E-state index in [1.165, 1.54) is 39.0 Å². The highest BCUT2D eigenvalue weighted by Crippen LogP contribution is 2.40. The van der Waals surface area contributed by atoms with Gasteiger partial charge in [0, 0.05) is 5.69 Å². The Labute approximate surface area is 226 Å². The molecule has 1 heterocycles. The van der Waals surface area contributed by atoms with Crippen LogP contribution in [0.1, 0.15) is 47.1 Å². The molecule has 9 nitrogen and oxygen atoms in total. The van der Waals surface area contributed by atoms with Gasteiger partial charge in [0.1, 0.15) is 17.5 Å². The predicted octanol–water partition coefficient (Wildman–Crippen LogP) is 5.22. The first-order chi connectivity index (χ1) is 17.6. The molecule has 1 N–H and O–H groups in total. The number of amides is 1. The molecule has 0 saturated carbocycles. The Morgan fingerprint density at radius 3 is 2.23 bits per heavy atom. The Hall–Kier alpha value is -3.00. The monoisotopic (exact) mass is 592 g/mol. The third kappa shape index (κ3) is 7.15. The first-order valence-electron chi connectivity index (χ1n) is 11.8. The Morgan fingerprint density at radius 1 is 1.03 bits per heavy atom. The van der Waals surface area contributed by atoms with Crippen LogP contribution >= 0.6 is 0 Å². The van der Waals surface area contributed by atoms with Crippen LogP contribution in [0.25, 0.3) is 0 Å². The summed E-state index contributed by atoms with van der Waals surface area (Å²) in [6.45, 7) is 8.94. The molecule has 0 radical (unpaired) electrons. The minimum Gasteiger partial charge on any atom is -0.485 e. The molecular weight excluding hydrogens is 561 g/mol. The molecule has 0 fully saturated rings. The van der Waals surface area contributed by atoms with Crippen molar-refractivity contribution in [1.82, 2.24) is 0 Å². The van der Waals surface area contributed by atoms with Gasteiger partial charge in [-0.3, -0.25) is 9.62 Å². The highest BCUT2D eigenvalue weighted by Gasteiger charge is 2.40. The molecule has 14 heteroatoms. The summed E-state index contributed by atoms with van der Waals surface area (Å²) in [5.41, 5.74) is -1.95. The van der Waals surface area contributed by atoms with Crippen molar-refractivity contribution in [3.63, 3.8) is 0 Å². The van der Waals surface area contributed by atoms with Crippen molar-refractivity contribution in [2.24, 2.45) is 0 Å². The van der Waals surface area contributed by atoms with E-state index in [0.29, 0.717) is 6.07 Å². The molecule has 0 saturated heterocycles. The molecular formula is C25H31F3N2O7S2. The van der Waals surface area contributed by atoms with Crippen LogP contribution < -0.4 is 14.4 Å². The lowest BCUT2D eigenvalue weighted by atomic mass is 10.2. The topological polar surface area (TPSA) is 119 Å². The summed E-state index contributed by atoms with van der Waals surface area (Å²) in [5, 5.41) is 2.48. The number of benzene rings is 2. The van der Waals surface area contributed by atoms with E-state index in [1.54, 1.807) is 20.8 Å². The van der Waals surface area contributed by atoms with Gasteiger partial charge in [0.05, 0.1) is 33.2 Å². The van der Waals surface area contributed by atoms with Crippen LogP contribution in [0.2, 0.25) is 0 Å². The van der Waals surface area contributed by atoms with E-state index in [1.807, 2.05) is 0 Å². The summed E-state index contributed by atoms with van der Waals surface area (Å²) in [6, 6.07) is 7.24. The van der Waals surface area contributed by atoms with Gasteiger partial charge in [0.2, 0.25) is 0 Å². The molecule has 0 spiro atoms. The Balaban J connectivity index is 2.09. The third-order valence-electron chi connectivity index (χ3n) is 5.62. The molecule has 1 amide bonds. The van der Waals surface area contributed by atoms with Gasteiger partial charge in [-0.25, -0.2) is 21.6 Å². The van der Waals surface area contributed by atoms with Gasteiger partial charge < -0.3 is 9.47 Å². The first kappa shape index (κ1) is 30.5. The van der Waals surface area contributed by atoms with Crippen molar-refractivity contribution < 1.29 is 44.3 Å². The fraction of sp³-hybridized carbons (Fsp3) is 0.480. The van der Waals surface area contributed by atoms with Crippen molar-refractivity contribution in [3.8, 4) is 5.75 Å². The van der Waals surface area contributed by atoms with Crippen LogP contribution in [-0.2, 0) is 30.8 Å². The molecule has 1 aliphatic rings. The number of sulfonamides is 1. The van der Waals surface area contributed by atoms with E-state index in [9.17, 15) is 34.8 Å². The average Bonchev–Trinajstić information content (AvgIpc) is 2.76. The number of sulfone groups is 1. The average molecular weight is 593 g/mol. The molecule has 2 aromatic rings. The predicted molar refractivity (Wildman–Crippen MR) is 140 cm³/mol. The van der Waals surface area contributed by atoms with Gasteiger partial charge in [0.15, 0.2) is 9.84 Å². The maximum Gasteiger partial charge on any atom is 0.416 e. The Bertz CT molecular complexity index is 1460. The number of halogens is 3. The zero-order chi connectivity index (χ0) is 29.6. The third-order valence-corrected chi connectivity index (χ3v) is 10.1. The van der Waals surface area contributed by atoms with E-state index in [-0.39, 0.29) is 17.1 Å². The lowest BCUT2D eigenvalue weighted by Crippen LogP contribution is -2.48. The standard InChI is InChI=1S/C25H31F3N2O7S2/c1-23(2,3)37-22(31)29-17-10-11-21-20(13-17)30(14-18(36-21)15-38(32,33)24(4,5)6)39(34,35)19-9-7-8-16(12-19)25(26,27)28/h7-13,18H,14-15H2,1-6H3,(H,29,31)/t18-/m1/s1. The maximum absolute atomic E-state index is 13.7. The minimum atomic E-state index is -4.79. The minimum absolute atomic E-state index is 0.0272. The van der Waals surface area contributed by atoms with E-state index in [2.05, 4.69) is 5.32 Å². The molecule has 2 aromatic carbocycles. The number of alkyl halides is 3. The van der Waals surface area contributed by atoms with Gasteiger partial charge in [0.25, 0.3) is 10.0 Å². The lowest BCUT2D eigenvalue weighted by molar-refractivity contribution is -0.137. The second-order valence-corrected chi connectivity index (χ2v) is 15.7. The SMILES string of the molecule is CC(C)(C)OC(=O)Nc1ccc2c(c1)N(S(=O)(=O)c1cccc(C(F)(F)F)c1)C[C@H](CS(=O)(=O)C(C)(C)C)O2. The van der Waals surface area contributed by atoms with Gasteiger partial charge in [-0.05, 0) is 77.9 Å². The van der Waals surface area contributed by atoms with Crippen LogP contribution in [-0.4, -0.2) is 51.7 Å². The fourth-order valence-corrected chi connectivity index (χ4v) is 6.29. The Morgan fingerprint density at radius 2 is 1.67 bits per heavy atom. The molecule has 216 valence electrons. The van der Waals surface area contributed by atoms with Crippen molar-refractivity contribution in [3.05, 3.63) is 48.0 Å². The summed E-state index contributed by atoms with van der Waals surface area (Å²) in [4.78, 5) is 11.6. The van der Waals surface area contributed by atoms with Crippen molar-refractivity contribution in [2.45, 2.75) is 69.1 Å². The lowest BCUT2D eigenvalue weighted by Gasteiger charge is -2.36. The molecule has 1 atom stereocenters. The summed E-state index contributed by atoms with van der Waals surface area (Å²) in [5.74, 6) is -0.566. The van der Waals surface area contributed by atoms with Crippen LogP contribution in [0.3, 0.4) is 0 Å². The number of hydrogen-bond donors (Lipinski definition) is 1. The maximum atomic E-state index is 13.7. The van der Waals surface area contributed by atoms with Crippen molar-refractivity contribution in [2.75, 3.05) is 21.9 Å². The van der Waals surface area contributed by atoms with Gasteiger partial charge >= 0.3 is 12.3 Å². The number of anilines is 2. The van der Waals surface area contributed by atoms with E-state index < -0.39 is 71.3 Å². The highest BCUT2D eigenvalue weighted by molar-refractivity contribution is 7.93. The highest BCUT2D eigenvalue weighted by atomic mass is 32.2. The molecule has 0 bridgehead atoms. The molecule has 39 heavy (non-hydrogen) atoms. The van der Waals surface area contributed by atoms with Crippen molar-refractivity contribution >= 4 is 37.3 Å². The Kier molecular flexibility index (Phi) is 7.98. The van der Waals surface area contributed by atoms with Crippen LogP contribution in [0.4, 0.5) is 29.3 Å². The number of nitrogens with zero attached hydrogens (tertiary/aromatic N) is 1. The number of fused-ring (bicyclic) bond motifs is 1.